The Morgan fingerprint density at radius 2 is 1.76 bits per heavy atom. The number of rotatable bonds is 6. The van der Waals surface area contributed by atoms with Gasteiger partial charge in [0.1, 0.15) is 0 Å². The molecule has 37 heavy (non-hydrogen) atoms. The number of nitrogens with zero attached hydrogens (tertiary/aromatic N) is 3. The van der Waals surface area contributed by atoms with Gasteiger partial charge in [-0.1, -0.05) is 36.9 Å². The molecule has 2 amide bonds. The Bertz CT molecular complexity index is 1340. The number of fused-ring (bicyclic) bond motifs is 1. The van der Waals surface area contributed by atoms with Crippen LogP contribution in [0.25, 0.3) is 11.1 Å². The van der Waals surface area contributed by atoms with Crippen LogP contribution in [0, 0.1) is 0 Å². The Labute approximate surface area is 216 Å². The van der Waals surface area contributed by atoms with Gasteiger partial charge in [0, 0.05) is 67.5 Å². The molecular formula is C29H30N6O2. The number of piperazine rings is 1. The number of aliphatic imine (C=N–C) groups is 1. The van der Waals surface area contributed by atoms with Gasteiger partial charge in [0.05, 0.1) is 5.69 Å². The number of para-hydroxylation sites is 1. The lowest BCUT2D eigenvalue weighted by atomic mass is 9.99. The highest BCUT2D eigenvalue weighted by atomic mass is 16.2. The second-order valence-corrected chi connectivity index (χ2v) is 9.05. The van der Waals surface area contributed by atoms with E-state index in [2.05, 4.69) is 62.8 Å². The maximum absolute atomic E-state index is 11.7. The third-order valence-electron chi connectivity index (χ3n) is 6.63. The molecule has 3 N–H and O–H groups in total. The van der Waals surface area contributed by atoms with Crippen molar-refractivity contribution >= 4 is 40.8 Å². The van der Waals surface area contributed by atoms with Crippen molar-refractivity contribution < 1.29 is 9.59 Å². The third kappa shape index (κ3) is 5.48. The first-order valence-corrected chi connectivity index (χ1v) is 12.3. The predicted molar refractivity (Wildman–Crippen MR) is 150 cm³/mol. The van der Waals surface area contributed by atoms with Crippen LogP contribution in [0.5, 0.6) is 0 Å². The molecule has 3 aromatic rings. The zero-order valence-electron chi connectivity index (χ0n) is 20.8. The second-order valence-electron chi connectivity index (χ2n) is 9.05. The monoisotopic (exact) mass is 494 g/mol. The molecule has 0 saturated carbocycles. The van der Waals surface area contributed by atoms with Gasteiger partial charge < -0.3 is 25.8 Å². The lowest BCUT2D eigenvalue weighted by Crippen LogP contribution is -2.48. The van der Waals surface area contributed by atoms with E-state index in [1.165, 1.54) is 6.08 Å². The van der Waals surface area contributed by atoms with Gasteiger partial charge in [0.15, 0.2) is 6.29 Å². The van der Waals surface area contributed by atoms with Crippen molar-refractivity contribution in [2.24, 2.45) is 4.99 Å². The van der Waals surface area contributed by atoms with E-state index in [0.29, 0.717) is 5.69 Å². The van der Waals surface area contributed by atoms with Crippen molar-refractivity contribution in [3.63, 3.8) is 0 Å². The van der Waals surface area contributed by atoms with Crippen LogP contribution in [-0.4, -0.2) is 55.4 Å². The normalized spacial score (nSPS) is 16.4. The van der Waals surface area contributed by atoms with Crippen LogP contribution in [0.1, 0.15) is 12.5 Å². The molecule has 0 aliphatic carbocycles. The van der Waals surface area contributed by atoms with Crippen LogP contribution in [0.3, 0.4) is 0 Å². The maximum Gasteiger partial charge on any atom is 0.247 e. The van der Waals surface area contributed by atoms with Crippen LogP contribution in [0.15, 0.2) is 84.4 Å². The summed E-state index contributed by atoms with van der Waals surface area (Å²) in [6.07, 6.45) is 2.80. The van der Waals surface area contributed by atoms with Gasteiger partial charge >= 0.3 is 0 Å². The Morgan fingerprint density at radius 3 is 2.49 bits per heavy atom. The van der Waals surface area contributed by atoms with Crippen LogP contribution < -0.4 is 20.9 Å². The maximum atomic E-state index is 11.7. The summed E-state index contributed by atoms with van der Waals surface area (Å²) in [6, 6.07) is 22.1. The number of nitrogens with one attached hydrogen (secondary N) is 3. The summed E-state index contributed by atoms with van der Waals surface area (Å²) >= 11 is 0. The summed E-state index contributed by atoms with van der Waals surface area (Å²) in [5.74, 6) is -0.109. The molecule has 188 valence electrons. The molecule has 8 heteroatoms. The Hall–Kier alpha value is -4.59. The predicted octanol–water partition coefficient (Wildman–Crippen LogP) is 4.39. The van der Waals surface area contributed by atoms with E-state index in [1.807, 2.05) is 47.5 Å². The average molecular weight is 495 g/mol. The lowest BCUT2D eigenvalue weighted by Gasteiger charge is -2.35. The van der Waals surface area contributed by atoms with Gasteiger partial charge in [0.25, 0.3) is 0 Å². The van der Waals surface area contributed by atoms with E-state index >= 15 is 0 Å². The van der Waals surface area contributed by atoms with E-state index in [9.17, 15) is 9.59 Å². The van der Waals surface area contributed by atoms with Gasteiger partial charge in [-0.3, -0.25) is 9.59 Å². The smallest absolute Gasteiger partial charge is 0.247 e. The number of carbonyl (C=O) groups is 2. The van der Waals surface area contributed by atoms with Crippen molar-refractivity contribution in [3.8, 4) is 11.1 Å². The minimum atomic E-state index is -0.331. The molecule has 0 radical (unpaired) electrons. The first-order chi connectivity index (χ1) is 18.0. The largest absolute Gasteiger partial charge is 0.368 e. The van der Waals surface area contributed by atoms with E-state index in [0.717, 1.165) is 59.9 Å². The molecule has 5 rings (SSSR count). The molecule has 1 unspecified atom stereocenters. The van der Waals surface area contributed by atoms with Gasteiger partial charge in [-0.2, -0.15) is 0 Å². The molecule has 0 bridgehead atoms. The number of anilines is 4. The number of amides is 2. The lowest BCUT2D eigenvalue weighted by molar-refractivity contribution is -0.129. The van der Waals surface area contributed by atoms with Crippen molar-refractivity contribution in [2.45, 2.75) is 13.2 Å². The van der Waals surface area contributed by atoms with E-state index in [-0.39, 0.29) is 18.1 Å². The Morgan fingerprint density at radius 1 is 1.00 bits per heavy atom. The van der Waals surface area contributed by atoms with Gasteiger partial charge in [-0.05, 0) is 48.0 Å². The van der Waals surface area contributed by atoms with Gasteiger partial charge in [0.2, 0.25) is 11.8 Å². The molecule has 3 aromatic carbocycles. The fourth-order valence-corrected chi connectivity index (χ4v) is 4.65. The number of hydrogen-bond acceptors (Lipinski definition) is 6. The second kappa shape index (κ2) is 10.6. The topological polar surface area (TPSA) is 89.1 Å². The highest BCUT2D eigenvalue weighted by Gasteiger charge is 2.20. The first kappa shape index (κ1) is 24.1. The van der Waals surface area contributed by atoms with Crippen LogP contribution in [0.4, 0.5) is 22.7 Å². The quantitative estimate of drug-likeness (QED) is 0.443. The summed E-state index contributed by atoms with van der Waals surface area (Å²) < 4.78 is 0. The molecule has 2 aliphatic rings. The summed E-state index contributed by atoms with van der Waals surface area (Å²) in [5.41, 5.74) is 6.78. The molecule has 1 atom stereocenters. The molecular weight excluding hydrogens is 464 g/mol. The number of hydrogen-bond donors (Lipinski definition) is 3. The SMILES string of the molecule is C=CC(=O)Nc1cccc(-c2cccc3c2NC(Nc2ccc(N4CCN(C(C)=O)CC4)cc2)N=C3)c1. The Kier molecular flexibility index (Phi) is 6.89. The molecule has 1 fully saturated rings. The molecule has 2 aliphatic heterocycles. The van der Waals surface area contributed by atoms with Crippen LogP contribution >= 0.6 is 0 Å². The average Bonchev–Trinajstić information content (AvgIpc) is 2.93. The summed E-state index contributed by atoms with van der Waals surface area (Å²) in [7, 11) is 0. The fourth-order valence-electron chi connectivity index (χ4n) is 4.65. The van der Waals surface area contributed by atoms with E-state index < -0.39 is 0 Å². The summed E-state index contributed by atoms with van der Waals surface area (Å²) in [4.78, 5) is 32.2. The minimum absolute atomic E-state index is 0.136. The number of benzene rings is 3. The van der Waals surface area contributed by atoms with Crippen LogP contribution in [0.2, 0.25) is 0 Å². The third-order valence-corrected chi connectivity index (χ3v) is 6.63. The fraction of sp³-hybridized carbons (Fsp3) is 0.207. The van der Waals surface area contributed by atoms with E-state index in [4.69, 9.17) is 0 Å². The zero-order valence-corrected chi connectivity index (χ0v) is 20.8. The highest BCUT2D eigenvalue weighted by molar-refractivity contribution is 6.00. The minimum Gasteiger partial charge on any atom is -0.368 e. The van der Waals surface area contributed by atoms with Crippen LogP contribution in [-0.2, 0) is 9.59 Å². The van der Waals surface area contributed by atoms with Crippen molar-refractivity contribution in [1.29, 1.82) is 0 Å². The summed E-state index contributed by atoms with van der Waals surface area (Å²) in [6.45, 7) is 8.31. The number of carbonyl (C=O) groups excluding carboxylic acids is 2. The molecule has 0 aromatic heterocycles. The zero-order chi connectivity index (χ0) is 25.8. The molecule has 8 nitrogen and oxygen atoms in total. The first-order valence-electron chi connectivity index (χ1n) is 12.3. The van der Waals surface area contributed by atoms with E-state index in [1.54, 1.807) is 6.92 Å². The van der Waals surface area contributed by atoms with Crippen molar-refractivity contribution in [3.05, 3.63) is 84.9 Å². The molecule has 2 heterocycles. The Balaban J connectivity index is 1.28. The van der Waals surface area contributed by atoms with Gasteiger partial charge in [-0.15, -0.1) is 0 Å². The van der Waals surface area contributed by atoms with Crippen molar-refractivity contribution in [1.82, 2.24) is 4.90 Å². The highest BCUT2D eigenvalue weighted by Crippen LogP contribution is 2.34. The molecule has 1 saturated heterocycles. The summed E-state index contributed by atoms with van der Waals surface area (Å²) in [5, 5.41) is 9.79. The van der Waals surface area contributed by atoms with Gasteiger partial charge in [-0.25, -0.2) is 4.99 Å². The molecule has 0 spiro atoms. The standard InChI is InChI=1S/C29H30N6O2/c1-3-27(37)31-24-8-4-6-21(18-24)26-9-5-7-22-19-30-29(33-28(22)26)32-23-10-12-25(13-11-23)35-16-14-34(15-17-35)20(2)36/h3-13,18-19,29,32-33H,1,14-17H2,2H3,(H,31,37). The van der Waals surface area contributed by atoms with Crippen molar-refractivity contribution in [2.75, 3.05) is 47.0 Å².